The maximum Gasteiger partial charge on any atom is 0.266 e. The van der Waals surface area contributed by atoms with Gasteiger partial charge >= 0.3 is 0 Å². The van der Waals surface area contributed by atoms with Crippen LogP contribution in [0, 0.1) is 6.07 Å². The van der Waals surface area contributed by atoms with Gasteiger partial charge in [0.1, 0.15) is 0 Å². The zero-order valence-electron chi connectivity index (χ0n) is 7.16. The van der Waals surface area contributed by atoms with E-state index >= 15 is 0 Å². The number of hydrogen-bond donors (Lipinski definition) is 1. The van der Waals surface area contributed by atoms with Crippen LogP contribution in [0.5, 0.6) is 0 Å². The third-order valence-electron chi connectivity index (χ3n) is 1.28. The molecule has 0 heterocycles. The van der Waals surface area contributed by atoms with Crippen molar-refractivity contribution in [3.63, 3.8) is 0 Å². The largest absolute Gasteiger partial charge is 0.285 e. The summed E-state index contributed by atoms with van der Waals surface area (Å²) in [7, 11) is 3.53. The average Bonchev–Trinajstić information content (AvgIpc) is 2.05. The van der Waals surface area contributed by atoms with Crippen molar-refractivity contribution < 1.29 is 4.79 Å². The van der Waals surface area contributed by atoms with E-state index in [1.165, 1.54) is 0 Å². The zero-order valence-corrected chi connectivity index (χ0v) is 7.16. The Balaban J connectivity index is 2.66. The molecule has 0 saturated heterocycles. The molecule has 1 radical (unpaired) electrons. The van der Waals surface area contributed by atoms with E-state index in [4.69, 9.17) is 0 Å². The summed E-state index contributed by atoms with van der Waals surface area (Å²) in [5, 5.41) is 1.60. The van der Waals surface area contributed by atoms with Crippen LogP contribution in [0.3, 0.4) is 0 Å². The monoisotopic (exact) mass is 163 g/mol. The molecule has 0 aliphatic carbocycles. The average molecular weight is 163 g/mol. The number of nitrogens with zero attached hydrogens (tertiary/aromatic N) is 1. The lowest BCUT2D eigenvalue weighted by Gasteiger charge is -2.10. The standard InChI is InChI=1S/C9H11N2O/c1-11(2)10-9(12)8-6-4-3-5-7-8/h3-6H,1-2H3,(H,10,12). The summed E-state index contributed by atoms with van der Waals surface area (Å²) in [6.07, 6.45) is 0. The molecule has 0 bridgehead atoms. The number of nitrogens with one attached hydrogen (secondary N) is 1. The Hall–Kier alpha value is -1.35. The lowest BCUT2D eigenvalue weighted by molar-refractivity contribution is 0.0856. The van der Waals surface area contributed by atoms with Crippen molar-refractivity contribution >= 4 is 5.91 Å². The van der Waals surface area contributed by atoms with Crippen molar-refractivity contribution in [3.8, 4) is 0 Å². The molecule has 3 heteroatoms. The van der Waals surface area contributed by atoms with E-state index in [0.717, 1.165) is 0 Å². The Morgan fingerprint density at radius 2 is 2.25 bits per heavy atom. The van der Waals surface area contributed by atoms with Gasteiger partial charge in [-0.3, -0.25) is 10.2 Å². The number of hydrazine groups is 1. The quantitative estimate of drug-likeness (QED) is 0.651. The molecule has 0 aromatic heterocycles. The Kier molecular flexibility index (Phi) is 2.82. The molecule has 1 aromatic carbocycles. The van der Waals surface area contributed by atoms with Gasteiger partial charge in [-0.25, -0.2) is 5.01 Å². The first-order valence-electron chi connectivity index (χ1n) is 3.65. The Labute approximate surface area is 72.0 Å². The summed E-state index contributed by atoms with van der Waals surface area (Å²) in [6.45, 7) is 0. The van der Waals surface area contributed by atoms with Gasteiger partial charge in [0.2, 0.25) is 0 Å². The summed E-state index contributed by atoms with van der Waals surface area (Å²) >= 11 is 0. The Bertz CT molecular complexity index is 256. The number of amides is 1. The van der Waals surface area contributed by atoms with E-state index in [2.05, 4.69) is 11.5 Å². The van der Waals surface area contributed by atoms with Crippen LogP contribution in [0.1, 0.15) is 10.4 Å². The first kappa shape index (κ1) is 8.74. The highest BCUT2D eigenvalue weighted by molar-refractivity contribution is 5.93. The molecule has 1 aromatic rings. The van der Waals surface area contributed by atoms with Crippen molar-refractivity contribution in [2.45, 2.75) is 0 Å². The topological polar surface area (TPSA) is 32.3 Å². The molecule has 12 heavy (non-hydrogen) atoms. The summed E-state index contributed by atoms with van der Waals surface area (Å²) < 4.78 is 0. The van der Waals surface area contributed by atoms with Crippen molar-refractivity contribution in [2.75, 3.05) is 14.1 Å². The highest BCUT2D eigenvalue weighted by atomic mass is 16.2. The minimum absolute atomic E-state index is 0.138. The van der Waals surface area contributed by atoms with Gasteiger partial charge < -0.3 is 0 Å². The van der Waals surface area contributed by atoms with Crippen molar-refractivity contribution in [1.82, 2.24) is 10.4 Å². The molecule has 1 rings (SSSR count). The number of hydrogen-bond acceptors (Lipinski definition) is 2. The van der Waals surface area contributed by atoms with Crippen LogP contribution >= 0.6 is 0 Å². The molecule has 0 fully saturated rings. The molecule has 1 N–H and O–H groups in total. The molecule has 0 saturated carbocycles. The van der Waals surface area contributed by atoms with Crippen LogP contribution in [0.2, 0.25) is 0 Å². The number of rotatable bonds is 2. The van der Waals surface area contributed by atoms with Crippen LogP contribution in [-0.4, -0.2) is 25.0 Å². The Morgan fingerprint density at radius 3 is 2.75 bits per heavy atom. The van der Waals surface area contributed by atoms with Crippen molar-refractivity contribution in [1.29, 1.82) is 0 Å². The molecular weight excluding hydrogens is 152 g/mol. The van der Waals surface area contributed by atoms with Crippen LogP contribution in [-0.2, 0) is 0 Å². The molecule has 0 unspecified atom stereocenters. The molecule has 1 amide bonds. The molecule has 0 spiro atoms. The summed E-state index contributed by atoms with van der Waals surface area (Å²) in [6, 6.07) is 9.90. The van der Waals surface area contributed by atoms with Gasteiger partial charge in [0.15, 0.2) is 0 Å². The molecule has 3 nitrogen and oxygen atoms in total. The van der Waals surface area contributed by atoms with E-state index in [-0.39, 0.29) is 5.91 Å². The number of carbonyl (C=O) groups is 1. The SMILES string of the molecule is CN(C)NC(=O)c1[c]cccc1. The number of carbonyl (C=O) groups excluding carboxylic acids is 1. The van der Waals surface area contributed by atoms with E-state index in [0.29, 0.717) is 5.56 Å². The molecule has 63 valence electrons. The normalized spacial score (nSPS) is 9.92. The van der Waals surface area contributed by atoms with E-state index in [1.807, 2.05) is 6.07 Å². The second-order valence-electron chi connectivity index (χ2n) is 2.61. The first-order valence-corrected chi connectivity index (χ1v) is 3.65. The summed E-state index contributed by atoms with van der Waals surface area (Å²) in [5.74, 6) is -0.138. The fourth-order valence-corrected chi connectivity index (χ4v) is 0.798. The first-order chi connectivity index (χ1) is 5.70. The smallest absolute Gasteiger partial charge is 0.266 e. The van der Waals surface area contributed by atoms with Gasteiger partial charge in [0.05, 0.1) is 0 Å². The van der Waals surface area contributed by atoms with Gasteiger partial charge in [-0.2, -0.15) is 0 Å². The fourth-order valence-electron chi connectivity index (χ4n) is 0.798. The minimum Gasteiger partial charge on any atom is -0.285 e. The maximum absolute atomic E-state index is 11.3. The van der Waals surface area contributed by atoms with Crippen molar-refractivity contribution in [3.05, 3.63) is 35.9 Å². The maximum atomic E-state index is 11.3. The second kappa shape index (κ2) is 3.88. The van der Waals surface area contributed by atoms with Gasteiger partial charge in [-0.15, -0.1) is 0 Å². The van der Waals surface area contributed by atoms with E-state index in [9.17, 15) is 4.79 Å². The molecule has 0 aliphatic rings. The third kappa shape index (κ3) is 2.36. The summed E-state index contributed by atoms with van der Waals surface area (Å²) in [5.41, 5.74) is 3.17. The van der Waals surface area contributed by atoms with Gasteiger partial charge in [0.25, 0.3) is 5.91 Å². The van der Waals surface area contributed by atoms with Crippen LogP contribution in [0.15, 0.2) is 24.3 Å². The second-order valence-corrected chi connectivity index (χ2v) is 2.61. The lowest BCUT2D eigenvalue weighted by Crippen LogP contribution is -2.36. The molecular formula is C9H11N2O. The lowest BCUT2D eigenvalue weighted by atomic mass is 10.2. The van der Waals surface area contributed by atoms with Gasteiger partial charge in [0, 0.05) is 19.7 Å². The zero-order chi connectivity index (χ0) is 8.97. The van der Waals surface area contributed by atoms with Crippen LogP contribution in [0.25, 0.3) is 0 Å². The predicted molar refractivity (Wildman–Crippen MR) is 46.4 cm³/mol. The van der Waals surface area contributed by atoms with E-state index < -0.39 is 0 Å². The molecule has 0 atom stereocenters. The highest BCUT2D eigenvalue weighted by Crippen LogP contribution is 1.96. The van der Waals surface area contributed by atoms with Gasteiger partial charge in [-0.1, -0.05) is 18.2 Å². The number of benzene rings is 1. The van der Waals surface area contributed by atoms with Crippen molar-refractivity contribution in [2.24, 2.45) is 0 Å². The van der Waals surface area contributed by atoms with Crippen LogP contribution in [0.4, 0.5) is 0 Å². The van der Waals surface area contributed by atoms with E-state index in [1.54, 1.807) is 37.3 Å². The summed E-state index contributed by atoms with van der Waals surface area (Å²) in [4.78, 5) is 11.3. The van der Waals surface area contributed by atoms with Gasteiger partial charge in [-0.05, 0) is 12.1 Å². The third-order valence-corrected chi connectivity index (χ3v) is 1.28. The van der Waals surface area contributed by atoms with Crippen LogP contribution < -0.4 is 5.43 Å². The highest BCUT2D eigenvalue weighted by Gasteiger charge is 2.03. The molecule has 0 aliphatic heterocycles. The predicted octanol–water partition coefficient (Wildman–Crippen LogP) is 0.693. The Morgan fingerprint density at radius 1 is 1.50 bits per heavy atom. The minimum atomic E-state index is -0.138. The fraction of sp³-hybridized carbons (Fsp3) is 0.222.